The van der Waals surface area contributed by atoms with Gasteiger partial charge in [0.05, 0.1) is 12.2 Å². The Labute approximate surface area is 231 Å². The molecule has 212 valence electrons. The molecule has 2 fully saturated rings. The lowest BCUT2D eigenvalue weighted by Crippen LogP contribution is -2.53. The second-order valence-electron chi connectivity index (χ2n) is 11.0. The van der Waals surface area contributed by atoms with Crippen LogP contribution in [0.2, 0.25) is 0 Å². The van der Waals surface area contributed by atoms with Crippen LogP contribution in [0.25, 0.3) is 0 Å². The summed E-state index contributed by atoms with van der Waals surface area (Å²) in [6, 6.07) is 8.54. The Morgan fingerprint density at radius 2 is 1.62 bits per heavy atom. The molecule has 2 heterocycles. The van der Waals surface area contributed by atoms with Crippen LogP contribution in [0.4, 0.5) is 11.5 Å². The molecule has 1 aliphatic carbocycles. The lowest BCUT2D eigenvalue weighted by molar-refractivity contribution is -0.135. The van der Waals surface area contributed by atoms with Crippen molar-refractivity contribution in [2.75, 3.05) is 43.9 Å². The van der Waals surface area contributed by atoms with Crippen molar-refractivity contribution in [1.82, 2.24) is 19.6 Å². The highest BCUT2D eigenvalue weighted by Gasteiger charge is 2.36. The number of nitrogens with zero attached hydrogens (tertiary/aromatic N) is 4. The smallest absolute Gasteiger partial charge is 0.240 e. The summed E-state index contributed by atoms with van der Waals surface area (Å²) in [5.41, 5.74) is 7.92. The van der Waals surface area contributed by atoms with Gasteiger partial charge in [0.25, 0.3) is 0 Å². The summed E-state index contributed by atoms with van der Waals surface area (Å²) in [5.74, 6) is -1.01. The highest BCUT2D eigenvalue weighted by Crippen LogP contribution is 2.32. The minimum Gasteiger partial charge on any atom is -0.339 e. The van der Waals surface area contributed by atoms with Crippen LogP contribution in [0.1, 0.15) is 57.4 Å². The van der Waals surface area contributed by atoms with E-state index in [0.717, 1.165) is 50.8 Å². The van der Waals surface area contributed by atoms with Crippen molar-refractivity contribution < 1.29 is 14.4 Å². The number of amides is 3. The maximum Gasteiger partial charge on any atom is 0.240 e. The number of anilines is 2. The number of carbonyl (C=O) groups is 3. The van der Waals surface area contributed by atoms with Gasteiger partial charge in [-0.1, -0.05) is 38.3 Å². The van der Waals surface area contributed by atoms with Crippen LogP contribution < -0.4 is 16.4 Å². The van der Waals surface area contributed by atoms with Crippen LogP contribution in [-0.2, 0) is 20.9 Å². The highest BCUT2D eigenvalue weighted by atomic mass is 16.2. The number of aryl methyl sites for hydroxylation is 1. The summed E-state index contributed by atoms with van der Waals surface area (Å²) in [7, 11) is 2.05. The molecule has 0 bridgehead atoms. The first-order valence-electron chi connectivity index (χ1n) is 14.2. The van der Waals surface area contributed by atoms with Gasteiger partial charge >= 0.3 is 0 Å². The topological polar surface area (TPSA) is 126 Å². The summed E-state index contributed by atoms with van der Waals surface area (Å²) in [5, 5.41) is 10.1. The number of likely N-dealkylation sites (N-methyl/N-ethyl adjacent to an activating group) is 1. The molecule has 0 radical (unpaired) electrons. The molecule has 3 atom stereocenters. The molecule has 39 heavy (non-hydrogen) atoms. The monoisotopic (exact) mass is 537 g/mol. The quantitative estimate of drug-likeness (QED) is 0.423. The van der Waals surface area contributed by atoms with Crippen LogP contribution in [0.15, 0.2) is 36.5 Å². The van der Waals surface area contributed by atoms with E-state index in [-0.39, 0.29) is 29.6 Å². The van der Waals surface area contributed by atoms with Crippen molar-refractivity contribution in [3.63, 3.8) is 0 Å². The third kappa shape index (κ3) is 7.05. The number of piperazine rings is 1. The molecule has 0 unspecified atom stereocenters. The molecule has 1 saturated carbocycles. The van der Waals surface area contributed by atoms with Crippen molar-refractivity contribution in [1.29, 1.82) is 0 Å². The number of hydrogen-bond acceptors (Lipinski definition) is 6. The largest absolute Gasteiger partial charge is 0.339 e. The van der Waals surface area contributed by atoms with Crippen LogP contribution in [-0.4, -0.2) is 76.6 Å². The molecule has 10 nitrogen and oxygen atoms in total. The maximum absolute atomic E-state index is 13.5. The minimum atomic E-state index is -0.793. The average molecular weight is 538 g/mol. The number of carbonyl (C=O) groups excluding carboxylic acids is 3. The summed E-state index contributed by atoms with van der Waals surface area (Å²) in [4.78, 5) is 43.9. The van der Waals surface area contributed by atoms with Gasteiger partial charge in [0.1, 0.15) is 11.7 Å². The molecule has 0 spiro atoms. The van der Waals surface area contributed by atoms with Crippen molar-refractivity contribution in [3.05, 3.63) is 42.1 Å². The predicted octanol–water partition coefficient (Wildman–Crippen LogP) is 2.88. The summed E-state index contributed by atoms with van der Waals surface area (Å²) >= 11 is 0. The van der Waals surface area contributed by atoms with Crippen molar-refractivity contribution in [2.45, 2.75) is 64.5 Å². The van der Waals surface area contributed by atoms with E-state index >= 15 is 0 Å². The molecule has 4 N–H and O–H groups in total. The van der Waals surface area contributed by atoms with Gasteiger partial charge in [0, 0.05) is 50.4 Å². The van der Waals surface area contributed by atoms with E-state index < -0.39 is 12.0 Å². The molecule has 3 amide bonds. The molecule has 4 rings (SSSR count). The lowest BCUT2D eigenvalue weighted by atomic mass is 9.79. The van der Waals surface area contributed by atoms with Gasteiger partial charge in [-0.15, -0.1) is 0 Å². The summed E-state index contributed by atoms with van der Waals surface area (Å²) in [6.45, 7) is 7.61. The first-order chi connectivity index (χ1) is 18.8. The second kappa shape index (κ2) is 13.2. The van der Waals surface area contributed by atoms with E-state index in [1.54, 1.807) is 16.9 Å². The standard InChI is InChI=1S/C29H43N7O3/c1-4-36-24(14-15-31-36)33-28(38)25(22-8-6-5-7-9-22)27(37)32-23-12-10-21(11-13-23)20(2)26(30)29(39)35-18-16-34(3)17-19-35/h10-15,20,22,25-26H,4-9,16-19,30H2,1-3H3,(H,32,37)(H,33,38)/t20-,25-,26+/m0/s1. The Bertz CT molecular complexity index is 1120. The number of aromatic nitrogens is 2. The fourth-order valence-electron chi connectivity index (χ4n) is 5.66. The van der Waals surface area contributed by atoms with Gasteiger partial charge in [-0.3, -0.25) is 14.4 Å². The predicted molar refractivity (Wildman–Crippen MR) is 152 cm³/mol. The van der Waals surface area contributed by atoms with Crippen molar-refractivity contribution in [2.24, 2.45) is 17.6 Å². The van der Waals surface area contributed by atoms with E-state index in [9.17, 15) is 14.4 Å². The number of hydrogen-bond donors (Lipinski definition) is 3. The molecule has 1 aromatic carbocycles. The van der Waals surface area contributed by atoms with E-state index in [2.05, 4.69) is 27.7 Å². The molecule has 2 aliphatic rings. The SMILES string of the molecule is CCn1nccc1NC(=O)[C@H](C(=O)Nc1ccc([C@H](C)[C@@H](N)C(=O)N2CCN(C)CC2)cc1)C1CCCCC1. The number of benzene rings is 1. The lowest BCUT2D eigenvalue weighted by Gasteiger charge is -2.35. The van der Waals surface area contributed by atoms with Crippen LogP contribution >= 0.6 is 0 Å². The van der Waals surface area contributed by atoms with E-state index in [4.69, 9.17) is 5.73 Å². The molecular weight excluding hydrogens is 494 g/mol. The fourth-order valence-corrected chi connectivity index (χ4v) is 5.66. The normalized spacial score (nSPS) is 19.2. The fraction of sp³-hybridized carbons (Fsp3) is 0.586. The zero-order chi connectivity index (χ0) is 27.9. The molecule has 1 saturated heterocycles. The zero-order valence-corrected chi connectivity index (χ0v) is 23.4. The Kier molecular flexibility index (Phi) is 9.74. The van der Waals surface area contributed by atoms with Crippen LogP contribution in [0.3, 0.4) is 0 Å². The highest BCUT2D eigenvalue weighted by molar-refractivity contribution is 6.10. The van der Waals surface area contributed by atoms with E-state index in [1.807, 2.05) is 43.0 Å². The van der Waals surface area contributed by atoms with Gasteiger partial charge in [-0.05, 0) is 50.4 Å². The van der Waals surface area contributed by atoms with Crippen molar-refractivity contribution >= 4 is 29.2 Å². The van der Waals surface area contributed by atoms with Gasteiger partial charge in [0.15, 0.2) is 0 Å². The third-order valence-corrected chi connectivity index (χ3v) is 8.30. The van der Waals surface area contributed by atoms with Gasteiger partial charge < -0.3 is 26.2 Å². The first kappa shape index (κ1) is 28.8. The Morgan fingerprint density at radius 1 is 0.974 bits per heavy atom. The number of rotatable bonds is 9. The van der Waals surface area contributed by atoms with E-state index in [0.29, 0.717) is 31.1 Å². The van der Waals surface area contributed by atoms with Crippen molar-refractivity contribution in [3.8, 4) is 0 Å². The number of nitrogens with two attached hydrogens (primary N) is 1. The minimum absolute atomic E-state index is 0.00497. The van der Waals surface area contributed by atoms with Crippen LogP contribution in [0.5, 0.6) is 0 Å². The Hall–Kier alpha value is -3.24. The average Bonchev–Trinajstić information content (AvgIpc) is 3.40. The molecule has 10 heteroatoms. The first-order valence-corrected chi connectivity index (χ1v) is 14.2. The molecule has 1 aromatic heterocycles. The Morgan fingerprint density at radius 3 is 2.26 bits per heavy atom. The molecule has 2 aromatic rings. The zero-order valence-electron chi connectivity index (χ0n) is 23.4. The van der Waals surface area contributed by atoms with Gasteiger partial charge in [-0.2, -0.15) is 5.10 Å². The number of nitrogens with one attached hydrogen (secondary N) is 2. The summed E-state index contributed by atoms with van der Waals surface area (Å²) in [6.07, 6.45) is 6.53. The third-order valence-electron chi connectivity index (χ3n) is 8.30. The summed E-state index contributed by atoms with van der Waals surface area (Å²) < 4.78 is 1.70. The maximum atomic E-state index is 13.5. The van der Waals surface area contributed by atoms with Crippen LogP contribution in [0, 0.1) is 11.8 Å². The second-order valence-corrected chi connectivity index (χ2v) is 11.0. The molecular formula is C29H43N7O3. The van der Waals surface area contributed by atoms with Gasteiger partial charge in [0.2, 0.25) is 17.7 Å². The Balaban J connectivity index is 1.41. The van der Waals surface area contributed by atoms with Gasteiger partial charge in [-0.25, -0.2) is 4.68 Å². The molecule has 1 aliphatic heterocycles. The van der Waals surface area contributed by atoms with E-state index in [1.165, 1.54) is 0 Å².